The Bertz CT molecular complexity index is 661. The topological polar surface area (TPSA) is 82.5 Å². The molecule has 0 bridgehead atoms. The fourth-order valence-corrected chi connectivity index (χ4v) is 1.94. The Kier molecular flexibility index (Phi) is 4.37. The smallest absolute Gasteiger partial charge is 0.253 e. The molecule has 2 aromatic rings. The van der Waals surface area contributed by atoms with Crippen molar-refractivity contribution in [2.45, 2.75) is 19.4 Å². The SMILES string of the molecule is C[C@H](Cc1ccc(O)c(O)c1)NC(=O)c1cncc(F)c1. The average Bonchev–Trinajstić information content (AvgIpc) is 2.43. The maximum absolute atomic E-state index is 13.0. The molecule has 0 radical (unpaired) electrons. The number of amides is 1. The van der Waals surface area contributed by atoms with Gasteiger partial charge in [0.05, 0.1) is 11.8 Å². The maximum Gasteiger partial charge on any atom is 0.253 e. The van der Waals surface area contributed by atoms with E-state index >= 15 is 0 Å². The normalized spacial score (nSPS) is 11.9. The Morgan fingerprint density at radius 3 is 2.71 bits per heavy atom. The lowest BCUT2D eigenvalue weighted by molar-refractivity contribution is 0.0939. The molecule has 0 aliphatic carbocycles. The predicted octanol–water partition coefficient (Wildman–Crippen LogP) is 1.99. The molecule has 1 aromatic heterocycles. The summed E-state index contributed by atoms with van der Waals surface area (Å²) in [7, 11) is 0. The number of phenolic OH excluding ortho intramolecular Hbond substituents is 2. The summed E-state index contributed by atoms with van der Waals surface area (Å²) < 4.78 is 13.0. The minimum Gasteiger partial charge on any atom is -0.504 e. The lowest BCUT2D eigenvalue weighted by Crippen LogP contribution is -2.34. The molecule has 1 aromatic carbocycles. The number of pyridine rings is 1. The standard InChI is InChI=1S/C15H15FN2O3/c1-9(4-10-2-3-13(19)14(20)5-10)18-15(21)11-6-12(16)8-17-7-11/h2-3,5-9,19-20H,4H2,1H3,(H,18,21)/t9-/m1/s1. The average molecular weight is 290 g/mol. The summed E-state index contributed by atoms with van der Waals surface area (Å²) in [4.78, 5) is 15.5. The molecule has 1 atom stereocenters. The maximum atomic E-state index is 13.0. The van der Waals surface area contributed by atoms with Crippen molar-refractivity contribution < 1.29 is 19.4 Å². The van der Waals surface area contributed by atoms with Gasteiger partial charge in [-0.1, -0.05) is 6.07 Å². The van der Waals surface area contributed by atoms with Crippen LogP contribution in [0.1, 0.15) is 22.8 Å². The molecule has 3 N–H and O–H groups in total. The van der Waals surface area contributed by atoms with E-state index in [1.165, 1.54) is 18.3 Å². The van der Waals surface area contributed by atoms with Gasteiger partial charge < -0.3 is 15.5 Å². The number of aromatic hydroxyl groups is 2. The second-order valence-electron chi connectivity index (χ2n) is 4.79. The lowest BCUT2D eigenvalue weighted by Gasteiger charge is -2.14. The summed E-state index contributed by atoms with van der Waals surface area (Å²) in [6.45, 7) is 1.79. The molecule has 0 saturated heterocycles. The molecular formula is C15H15FN2O3. The molecule has 2 rings (SSSR count). The number of benzene rings is 1. The summed E-state index contributed by atoms with van der Waals surface area (Å²) in [5, 5.41) is 21.4. The van der Waals surface area contributed by atoms with Gasteiger partial charge in [0.2, 0.25) is 0 Å². The van der Waals surface area contributed by atoms with Crippen LogP contribution in [0.15, 0.2) is 36.7 Å². The first-order valence-electron chi connectivity index (χ1n) is 6.38. The van der Waals surface area contributed by atoms with Gasteiger partial charge in [-0.25, -0.2) is 4.39 Å². The minimum atomic E-state index is -0.571. The highest BCUT2D eigenvalue weighted by molar-refractivity contribution is 5.94. The number of carbonyl (C=O) groups excluding carboxylic acids is 1. The van der Waals surface area contributed by atoms with Crippen LogP contribution in [0.5, 0.6) is 11.5 Å². The number of halogens is 1. The van der Waals surface area contributed by atoms with E-state index in [0.29, 0.717) is 6.42 Å². The summed E-state index contributed by atoms with van der Waals surface area (Å²) in [6.07, 6.45) is 2.78. The van der Waals surface area contributed by atoms with E-state index in [4.69, 9.17) is 0 Å². The summed E-state index contributed by atoms with van der Waals surface area (Å²) in [5.74, 6) is -1.39. The van der Waals surface area contributed by atoms with Crippen LogP contribution in [0.4, 0.5) is 4.39 Å². The summed E-state index contributed by atoms with van der Waals surface area (Å²) in [5.41, 5.74) is 0.908. The first-order valence-corrected chi connectivity index (χ1v) is 6.38. The predicted molar refractivity (Wildman–Crippen MR) is 74.6 cm³/mol. The Balaban J connectivity index is 1.99. The Morgan fingerprint density at radius 2 is 2.05 bits per heavy atom. The molecule has 1 heterocycles. The van der Waals surface area contributed by atoms with Crippen molar-refractivity contribution in [1.29, 1.82) is 0 Å². The van der Waals surface area contributed by atoms with Gasteiger partial charge >= 0.3 is 0 Å². The highest BCUT2D eigenvalue weighted by Gasteiger charge is 2.12. The Labute approximate surface area is 121 Å². The van der Waals surface area contributed by atoms with Crippen molar-refractivity contribution in [3.05, 3.63) is 53.6 Å². The van der Waals surface area contributed by atoms with E-state index < -0.39 is 11.7 Å². The number of aromatic nitrogens is 1. The number of phenols is 2. The zero-order chi connectivity index (χ0) is 15.4. The van der Waals surface area contributed by atoms with Gasteiger partial charge in [-0.2, -0.15) is 0 Å². The second-order valence-corrected chi connectivity index (χ2v) is 4.79. The third-order valence-corrected chi connectivity index (χ3v) is 2.93. The van der Waals surface area contributed by atoms with Gasteiger partial charge in [-0.15, -0.1) is 0 Å². The van der Waals surface area contributed by atoms with Gasteiger partial charge in [-0.3, -0.25) is 9.78 Å². The van der Waals surface area contributed by atoms with Crippen molar-refractivity contribution in [3.8, 4) is 11.5 Å². The molecule has 0 spiro atoms. The molecular weight excluding hydrogens is 275 g/mol. The van der Waals surface area contributed by atoms with Crippen LogP contribution in [0, 0.1) is 5.82 Å². The number of rotatable bonds is 4. The van der Waals surface area contributed by atoms with Crippen LogP contribution in [-0.2, 0) is 6.42 Å². The molecule has 5 nitrogen and oxygen atoms in total. The van der Waals surface area contributed by atoms with Gasteiger partial charge in [0.1, 0.15) is 5.82 Å². The van der Waals surface area contributed by atoms with Crippen molar-refractivity contribution in [2.24, 2.45) is 0 Å². The fourth-order valence-electron chi connectivity index (χ4n) is 1.94. The Morgan fingerprint density at radius 1 is 1.29 bits per heavy atom. The third kappa shape index (κ3) is 3.92. The van der Waals surface area contributed by atoms with Crippen LogP contribution in [0.25, 0.3) is 0 Å². The largest absolute Gasteiger partial charge is 0.504 e. The molecule has 0 saturated carbocycles. The molecule has 0 unspecified atom stereocenters. The van der Waals surface area contributed by atoms with Crippen LogP contribution in [0.2, 0.25) is 0 Å². The van der Waals surface area contributed by atoms with E-state index in [9.17, 15) is 19.4 Å². The van der Waals surface area contributed by atoms with Crippen molar-refractivity contribution in [1.82, 2.24) is 10.3 Å². The van der Waals surface area contributed by atoms with E-state index in [1.54, 1.807) is 13.0 Å². The van der Waals surface area contributed by atoms with E-state index in [-0.39, 0.29) is 23.1 Å². The van der Waals surface area contributed by atoms with Gasteiger partial charge in [0, 0.05) is 12.2 Å². The van der Waals surface area contributed by atoms with Gasteiger partial charge in [-0.05, 0) is 37.1 Å². The molecule has 110 valence electrons. The number of nitrogens with one attached hydrogen (secondary N) is 1. The molecule has 6 heteroatoms. The number of carbonyl (C=O) groups is 1. The van der Waals surface area contributed by atoms with Gasteiger partial charge in [0.15, 0.2) is 11.5 Å². The van der Waals surface area contributed by atoms with Crippen molar-refractivity contribution >= 4 is 5.91 Å². The first-order chi connectivity index (χ1) is 9.95. The monoisotopic (exact) mass is 290 g/mol. The fraction of sp³-hybridized carbons (Fsp3) is 0.200. The number of nitrogens with zero attached hydrogens (tertiary/aromatic N) is 1. The van der Waals surface area contributed by atoms with Crippen molar-refractivity contribution in [3.63, 3.8) is 0 Å². The minimum absolute atomic E-state index is 0.149. The number of hydrogen-bond acceptors (Lipinski definition) is 4. The van der Waals surface area contributed by atoms with E-state index in [2.05, 4.69) is 10.3 Å². The van der Waals surface area contributed by atoms with E-state index in [1.807, 2.05) is 0 Å². The van der Waals surface area contributed by atoms with Crippen LogP contribution in [0.3, 0.4) is 0 Å². The molecule has 0 aliphatic rings. The molecule has 0 fully saturated rings. The van der Waals surface area contributed by atoms with E-state index in [0.717, 1.165) is 17.8 Å². The zero-order valence-corrected chi connectivity index (χ0v) is 11.4. The first kappa shape index (κ1) is 14.8. The van der Waals surface area contributed by atoms with Crippen LogP contribution < -0.4 is 5.32 Å². The van der Waals surface area contributed by atoms with Crippen molar-refractivity contribution in [2.75, 3.05) is 0 Å². The molecule has 21 heavy (non-hydrogen) atoms. The summed E-state index contributed by atoms with van der Waals surface area (Å²) in [6, 6.07) is 5.35. The quantitative estimate of drug-likeness (QED) is 0.752. The molecule has 1 amide bonds. The zero-order valence-electron chi connectivity index (χ0n) is 11.4. The van der Waals surface area contributed by atoms with Crippen LogP contribution in [-0.4, -0.2) is 27.1 Å². The van der Waals surface area contributed by atoms with Gasteiger partial charge in [0.25, 0.3) is 5.91 Å². The Hall–Kier alpha value is -2.63. The van der Waals surface area contributed by atoms with Crippen LogP contribution >= 0.6 is 0 Å². The third-order valence-electron chi connectivity index (χ3n) is 2.93. The highest BCUT2D eigenvalue weighted by Crippen LogP contribution is 2.25. The molecule has 0 aliphatic heterocycles. The second kappa shape index (κ2) is 6.21. The summed E-state index contributed by atoms with van der Waals surface area (Å²) >= 11 is 0. The lowest BCUT2D eigenvalue weighted by atomic mass is 10.1. The highest BCUT2D eigenvalue weighted by atomic mass is 19.1. The number of hydrogen-bond donors (Lipinski definition) is 3.